The summed E-state index contributed by atoms with van der Waals surface area (Å²) in [4.78, 5) is 22.9. The lowest BCUT2D eigenvalue weighted by Gasteiger charge is -2.18. The lowest BCUT2D eigenvalue weighted by Crippen LogP contribution is -2.27. The van der Waals surface area contributed by atoms with Crippen LogP contribution >= 0.6 is 34.8 Å². The predicted octanol–water partition coefficient (Wildman–Crippen LogP) is 6.38. The van der Waals surface area contributed by atoms with Gasteiger partial charge in [-0.1, -0.05) is 85.5 Å². The number of esters is 1. The molecule has 1 aromatic carbocycles. The summed E-state index contributed by atoms with van der Waals surface area (Å²) in [5.41, 5.74) is 1.08. The van der Waals surface area contributed by atoms with Crippen molar-refractivity contribution in [3.8, 4) is 0 Å². The quantitative estimate of drug-likeness (QED) is 0.216. The molecule has 0 heterocycles. The van der Waals surface area contributed by atoms with Crippen molar-refractivity contribution in [1.82, 2.24) is 5.32 Å². The van der Waals surface area contributed by atoms with Crippen molar-refractivity contribution in [2.45, 2.75) is 75.1 Å². The van der Waals surface area contributed by atoms with Gasteiger partial charge in [-0.05, 0) is 37.0 Å². The van der Waals surface area contributed by atoms with Crippen LogP contribution in [0, 0.1) is 0 Å². The lowest BCUT2D eigenvalue weighted by atomic mass is 9.99. The van der Waals surface area contributed by atoms with Gasteiger partial charge >= 0.3 is 5.97 Å². The SMILES string of the molecule is COC(=O)C(Cl)(Cl)CCCCCCCCCC(NC(C)=O)c1ccc(Cl)cc1. The maximum Gasteiger partial charge on any atom is 0.342 e. The number of rotatable bonds is 13. The fraction of sp³-hybridized carbons (Fsp3) is 0.619. The average molecular weight is 451 g/mol. The monoisotopic (exact) mass is 449 g/mol. The number of hydrogen-bond donors (Lipinski definition) is 1. The van der Waals surface area contributed by atoms with E-state index in [1.54, 1.807) is 6.92 Å². The summed E-state index contributed by atoms with van der Waals surface area (Å²) < 4.78 is 3.15. The summed E-state index contributed by atoms with van der Waals surface area (Å²) in [6, 6.07) is 7.65. The standard InChI is InChI=1S/C21H30Cl3NO3/c1-16(26)25-19(17-11-13-18(22)14-12-17)10-8-6-4-3-5-7-9-15-21(23,24)20(27)28-2/h11-14,19H,3-10,15H2,1-2H3,(H,25,26). The molecule has 4 nitrogen and oxygen atoms in total. The molecule has 1 atom stereocenters. The van der Waals surface area contributed by atoms with E-state index in [1.165, 1.54) is 7.11 Å². The van der Waals surface area contributed by atoms with Gasteiger partial charge in [-0.15, -0.1) is 0 Å². The second-order valence-electron chi connectivity index (χ2n) is 7.01. The van der Waals surface area contributed by atoms with E-state index in [0.717, 1.165) is 56.9 Å². The van der Waals surface area contributed by atoms with Crippen LogP contribution in [0.15, 0.2) is 24.3 Å². The normalized spacial score (nSPS) is 12.5. The third-order valence-corrected chi connectivity index (χ3v) is 5.56. The molecule has 7 heteroatoms. The molecule has 1 N–H and O–H groups in total. The van der Waals surface area contributed by atoms with Gasteiger partial charge < -0.3 is 10.1 Å². The van der Waals surface area contributed by atoms with E-state index in [2.05, 4.69) is 10.1 Å². The van der Waals surface area contributed by atoms with Crippen LogP contribution in [0.3, 0.4) is 0 Å². The Morgan fingerprint density at radius 1 is 1.00 bits per heavy atom. The minimum atomic E-state index is -1.44. The Bertz CT molecular complexity index is 605. The molecule has 0 radical (unpaired) electrons. The zero-order valence-electron chi connectivity index (χ0n) is 16.6. The third kappa shape index (κ3) is 9.99. The van der Waals surface area contributed by atoms with Gasteiger partial charge in [0.1, 0.15) is 0 Å². The number of carbonyl (C=O) groups is 2. The number of methoxy groups -OCH3 is 1. The number of amides is 1. The molecule has 0 bridgehead atoms. The highest BCUT2D eigenvalue weighted by Crippen LogP contribution is 2.29. The minimum Gasteiger partial charge on any atom is -0.467 e. The first-order valence-electron chi connectivity index (χ1n) is 9.75. The van der Waals surface area contributed by atoms with Gasteiger partial charge in [0.15, 0.2) is 0 Å². The topological polar surface area (TPSA) is 55.4 Å². The van der Waals surface area contributed by atoms with Gasteiger partial charge in [-0.25, -0.2) is 4.79 Å². The molecule has 0 saturated heterocycles. The number of unbranched alkanes of at least 4 members (excludes halogenated alkanes) is 6. The highest BCUT2D eigenvalue weighted by atomic mass is 35.5. The van der Waals surface area contributed by atoms with E-state index in [0.29, 0.717) is 11.4 Å². The molecular formula is C21H30Cl3NO3. The molecular weight excluding hydrogens is 421 g/mol. The minimum absolute atomic E-state index is 0.0219. The van der Waals surface area contributed by atoms with Crippen LogP contribution < -0.4 is 5.32 Å². The molecule has 1 unspecified atom stereocenters. The Hall–Kier alpha value is -0.970. The Morgan fingerprint density at radius 2 is 1.54 bits per heavy atom. The summed E-state index contributed by atoms with van der Waals surface area (Å²) in [7, 11) is 1.28. The van der Waals surface area contributed by atoms with Crippen LogP contribution in [-0.2, 0) is 14.3 Å². The van der Waals surface area contributed by atoms with Crippen LogP contribution in [-0.4, -0.2) is 23.3 Å². The first-order chi connectivity index (χ1) is 13.3. The van der Waals surface area contributed by atoms with Crippen molar-refractivity contribution in [2.24, 2.45) is 0 Å². The largest absolute Gasteiger partial charge is 0.467 e. The van der Waals surface area contributed by atoms with E-state index in [9.17, 15) is 9.59 Å². The first kappa shape index (κ1) is 25.1. The Balaban J connectivity index is 2.20. The van der Waals surface area contributed by atoms with Gasteiger partial charge in [0.05, 0.1) is 13.2 Å². The maximum absolute atomic E-state index is 11.5. The van der Waals surface area contributed by atoms with Crippen molar-refractivity contribution >= 4 is 46.7 Å². The van der Waals surface area contributed by atoms with Crippen molar-refractivity contribution < 1.29 is 14.3 Å². The van der Waals surface area contributed by atoms with E-state index < -0.39 is 10.3 Å². The zero-order chi connectivity index (χ0) is 21.0. The first-order valence-corrected chi connectivity index (χ1v) is 10.9. The molecule has 0 saturated carbocycles. The molecule has 0 aliphatic carbocycles. The number of halogens is 3. The number of ether oxygens (including phenoxy) is 1. The fourth-order valence-electron chi connectivity index (χ4n) is 3.09. The molecule has 0 spiro atoms. The van der Waals surface area contributed by atoms with E-state index in [4.69, 9.17) is 34.8 Å². The number of nitrogens with one attached hydrogen (secondary N) is 1. The van der Waals surface area contributed by atoms with E-state index >= 15 is 0 Å². The van der Waals surface area contributed by atoms with Gasteiger partial charge in [0.25, 0.3) is 0 Å². The molecule has 0 aromatic heterocycles. The van der Waals surface area contributed by atoms with Crippen LogP contribution in [0.5, 0.6) is 0 Å². The number of hydrogen-bond acceptors (Lipinski definition) is 3. The lowest BCUT2D eigenvalue weighted by molar-refractivity contribution is -0.141. The molecule has 28 heavy (non-hydrogen) atoms. The smallest absolute Gasteiger partial charge is 0.342 e. The summed E-state index contributed by atoms with van der Waals surface area (Å²) in [6.45, 7) is 1.54. The van der Waals surface area contributed by atoms with Crippen molar-refractivity contribution in [1.29, 1.82) is 0 Å². The fourth-order valence-corrected chi connectivity index (χ4v) is 3.64. The molecule has 1 aromatic rings. The van der Waals surface area contributed by atoms with Crippen molar-refractivity contribution in [2.75, 3.05) is 7.11 Å². The van der Waals surface area contributed by atoms with Gasteiger partial charge in [-0.2, -0.15) is 0 Å². The van der Waals surface area contributed by atoms with Crippen LogP contribution in [0.25, 0.3) is 0 Å². The molecule has 1 amide bonds. The maximum atomic E-state index is 11.5. The molecule has 0 fully saturated rings. The zero-order valence-corrected chi connectivity index (χ0v) is 18.9. The molecule has 0 aliphatic heterocycles. The second kappa shape index (κ2) is 13.3. The summed E-state index contributed by atoms with van der Waals surface area (Å²) in [5, 5.41) is 3.71. The van der Waals surface area contributed by atoms with Crippen molar-refractivity contribution in [3.05, 3.63) is 34.9 Å². The van der Waals surface area contributed by atoms with Crippen LogP contribution in [0.2, 0.25) is 5.02 Å². The Morgan fingerprint density at radius 3 is 2.07 bits per heavy atom. The Kier molecular flexibility index (Phi) is 11.9. The summed E-state index contributed by atoms with van der Waals surface area (Å²) in [5.74, 6) is -0.619. The highest BCUT2D eigenvalue weighted by Gasteiger charge is 2.33. The molecule has 158 valence electrons. The third-order valence-electron chi connectivity index (χ3n) is 4.62. The van der Waals surface area contributed by atoms with Gasteiger partial charge in [-0.3, -0.25) is 4.79 Å². The predicted molar refractivity (Wildman–Crippen MR) is 116 cm³/mol. The summed E-state index contributed by atoms with van der Waals surface area (Å²) in [6.07, 6.45) is 8.59. The number of carbonyl (C=O) groups excluding carboxylic acids is 2. The Labute approximate surface area is 183 Å². The summed E-state index contributed by atoms with van der Waals surface area (Å²) >= 11 is 17.8. The highest BCUT2D eigenvalue weighted by molar-refractivity contribution is 6.57. The average Bonchev–Trinajstić information content (AvgIpc) is 2.65. The molecule has 0 aliphatic rings. The van der Waals surface area contributed by atoms with Gasteiger partial charge in [0.2, 0.25) is 10.2 Å². The van der Waals surface area contributed by atoms with Crippen LogP contribution in [0.4, 0.5) is 0 Å². The second-order valence-corrected chi connectivity index (χ2v) is 8.93. The van der Waals surface area contributed by atoms with Crippen molar-refractivity contribution in [3.63, 3.8) is 0 Å². The van der Waals surface area contributed by atoms with E-state index in [1.807, 2.05) is 24.3 Å². The van der Waals surface area contributed by atoms with Gasteiger partial charge in [0, 0.05) is 11.9 Å². The number of alkyl halides is 2. The van der Waals surface area contributed by atoms with E-state index in [-0.39, 0.29) is 11.9 Å². The number of benzene rings is 1. The van der Waals surface area contributed by atoms with Crippen LogP contribution in [0.1, 0.15) is 76.3 Å². The molecule has 1 rings (SSSR count).